The van der Waals surface area contributed by atoms with Crippen molar-refractivity contribution in [2.24, 2.45) is 0 Å². The lowest BCUT2D eigenvalue weighted by atomic mass is 9.97. The molecule has 0 saturated carbocycles. The molecular weight excluding hydrogens is 324 g/mol. The van der Waals surface area contributed by atoms with Gasteiger partial charge in [0.25, 0.3) is 5.91 Å². The summed E-state index contributed by atoms with van der Waals surface area (Å²) in [5, 5.41) is 9.31. The van der Waals surface area contributed by atoms with Crippen LogP contribution >= 0.6 is 0 Å². The van der Waals surface area contributed by atoms with Crippen molar-refractivity contribution in [3.63, 3.8) is 0 Å². The molecule has 3 rings (SSSR count). The number of anilines is 1. The largest absolute Gasteiger partial charge is 0.396 e. The van der Waals surface area contributed by atoms with Gasteiger partial charge in [-0.05, 0) is 61.1 Å². The maximum absolute atomic E-state index is 13.1. The lowest BCUT2D eigenvalue weighted by Gasteiger charge is -2.35. The van der Waals surface area contributed by atoms with Crippen molar-refractivity contribution >= 4 is 11.6 Å². The van der Waals surface area contributed by atoms with Gasteiger partial charge < -0.3 is 14.9 Å². The van der Waals surface area contributed by atoms with Crippen molar-refractivity contribution in [2.75, 3.05) is 32.1 Å². The van der Waals surface area contributed by atoms with Crippen LogP contribution in [0, 0.1) is 0 Å². The molecule has 138 valence electrons. The maximum Gasteiger partial charge on any atom is 0.254 e. The van der Waals surface area contributed by atoms with E-state index in [0.717, 1.165) is 48.2 Å². The number of aliphatic hydroxyl groups excluding tert-OH is 1. The quantitative estimate of drug-likeness (QED) is 0.890. The van der Waals surface area contributed by atoms with Gasteiger partial charge in [0.05, 0.1) is 0 Å². The Labute approximate surface area is 156 Å². The molecule has 26 heavy (non-hydrogen) atoms. The fraction of sp³-hybridized carbons (Fsp3) is 0.409. The average molecular weight is 352 g/mol. The maximum atomic E-state index is 13.1. The van der Waals surface area contributed by atoms with E-state index in [1.54, 1.807) is 0 Å². The number of nitrogens with zero attached hydrogens (tertiary/aromatic N) is 2. The zero-order valence-electron chi connectivity index (χ0n) is 15.7. The number of likely N-dealkylation sites (tertiary alicyclic amines) is 1. The first-order valence-corrected chi connectivity index (χ1v) is 9.40. The third-order valence-electron chi connectivity index (χ3n) is 5.16. The summed E-state index contributed by atoms with van der Waals surface area (Å²) in [4.78, 5) is 17.1. The van der Waals surface area contributed by atoms with Gasteiger partial charge in [-0.1, -0.05) is 24.3 Å². The predicted octanol–water partition coefficient (Wildman–Crippen LogP) is 3.80. The second-order valence-electron chi connectivity index (χ2n) is 7.19. The molecule has 1 aliphatic heterocycles. The van der Waals surface area contributed by atoms with Gasteiger partial charge in [0.1, 0.15) is 0 Å². The Morgan fingerprint density at radius 2 is 1.85 bits per heavy atom. The highest BCUT2D eigenvalue weighted by atomic mass is 16.3. The van der Waals surface area contributed by atoms with Crippen LogP contribution < -0.4 is 4.90 Å². The Balaban J connectivity index is 1.87. The van der Waals surface area contributed by atoms with E-state index < -0.39 is 0 Å². The molecule has 1 atom stereocenters. The second kappa shape index (κ2) is 8.37. The molecule has 4 nitrogen and oxygen atoms in total. The fourth-order valence-electron chi connectivity index (χ4n) is 3.68. The van der Waals surface area contributed by atoms with E-state index in [9.17, 15) is 9.90 Å². The number of amides is 1. The minimum atomic E-state index is 0.0776. The SMILES string of the molecule is CN(C)c1cccc(-c2cccc(C(=O)N3CCCC[C@@H]3CCO)c2)c1. The molecule has 1 amide bonds. The van der Waals surface area contributed by atoms with E-state index in [1.165, 1.54) is 0 Å². The predicted molar refractivity (Wildman–Crippen MR) is 107 cm³/mol. The van der Waals surface area contributed by atoms with Crippen molar-refractivity contribution in [3.05, 3.63) is 54.1 Å². The number of benzene rings is 2. The summed E-state index contributed by atoms with van der Waals surface area (Å²) >= 11 is 0. The number of hydrogen-bond acceptors (Lipinski definition) is 3. The summed E-state index contributed by atoms with van der Waals surface area (Å²) in [7, 11) is 4.05. The first-order valence-electron chi connectivity index (χ1n) is 9.40. The van der Waals surface area contributed by atoms with E-state index in [-0.39, 0.29) is 18.6 Å². The minimum absolute atomic E-state index is 0.0776. The standard InChI is InChI=1S/C22H28N2O2/c1-23(2)21-11-6-8-18(16-21)17-7-5-9-19(15-17)22(26)24-13-4-3-10-20(24)12-14-25/h5-9,11,15-16,20,25H,3-4,10,12-14H2,1-2H3/t20-/m1/s1. The number of hydrogen-bond donors (Lipinski definition) is 1. The zero-order valence-corrected chi connectivity index (χ0v) is 15.7. The van der Waals surface area contributed by atoms with E-state index in [2.05, 4.69) is 23.1 Å². The third-order valence-corrected chi connectivity index (χ3v) is 5.16. The Bertz CT molecular complexity index is 755. The number of rotatable bonds is 5. The highest BCUT2D eigenvalue weighted by molar-refractivity contribution is 5.95. The average Bonchev–Trinajstić information content (AvgIpc) is 2.68. The van der Waals surface area contributed by atoms with E-state index in [0.29, 0.717) is 6.42 Å². The number of carbonyl (C=O) groups is 1. The molecule has 0 bridgehead atoms. The van der Waals surface area contributed by atoms with Crippen molar-refractivity contribution < 1.29 is 9.90 Å². The van der Waals surface area contributed by atoms with Crippen LogP contribution in [0.4, 0.5) is 5.69 Å². The summed E-state index contributed by atoms with van der Waals surface area (Å²) in [6.07, 6.45) is 3.82. The molecule has 0 spiro atoms. The van der Waals surface area contributed by atoms with Crippen LogP contribution in [0.1, 0.15) is 36.0 Å². The molecule has 1 aliphatic rings. The number of carbonyl (C=O) groups excluding carboxylic acids is 1. The topological polar surface area (TPSA) is 43.8 Å². The molecule has 1 N–H and O–H groups in total. The van der Waals surface area contributed by atoms with Gasteiger partial charge in [-0.25, -0.2) is 0 Å². The van der Waals surface area contributed by atoms with Crippen LogP contribution in [-0.2, 0) is 0 Å². The summed E-state index contributed by atoms with van der Waals surface area (Å²) in [6.45, 7) is 0.912. The van der Waals surface area contributed by atoms with Gasteiger partial charge in [0.2, 0.25) is 0 Å². The number of piperidine rings is 1. The minimum Gasteiger partial charge on any atom is -0.396 e. The molecule has 0 aromatic heterocycles. The molecule has 4 heteroatoms. The van der Waals surface area contributed by atoms with Crippen molar-refractivity contribution in [1.82, 2.24) is 4.90 Å². The second-order valence-corrected chi connectivity index (χ2v) is 7.19. The summed E-state index contributed by atoms with van der Waals surface area (Å²) < 4.78 is 0. The first kappa shape index (κ1) is 18.5. The zero-order chi connectivity index (χ0) is 18.5. The molecule has 1 heterocycles. The Morgan fingerprint density at radius 1 is 1.12 bits per heavy atom. The van der Waals surface area contributed by atoms with Crippen LogP contribution in [0.2, 0.25) is 0 Å². The van der Waals surface area contributed by atoms with Gasteiger partial charge in [-0.2, -0.15) is 0 Å². The van der Waals surface area contributed by atoms with Crippen LogP contribution in [0.3, 0.4) is 0 Å². The van der Waals surface area contributed by atoms with Gasteiger partial charge >= 0.3 is 0 Å². The summed E-state index contributed by atoms with van der Waals surface area (Å²) in [5.74, 6) is 0.0776. The Hall–Kier alpha value is -2.33. The van der Waals surface area contributed by atoms with Crippen molar-refractivity contribution in [2.45, 2.75) is 31.7 Å². The van der Waals surface area contributed by atoms with Gasteiger partial charge in [-0.15, -0.1) is 0 Å². The number of aliphatic hydroxyl groups is 1. The Morgan fingerprint density at radius 3 is 2.58 bits per heavy atom. The van der Waals surface area contributed by atoms with Crippen LogP contribution in [-0.4, -0.2) is 49.2 Å². The molecule has 2 aromatic rings. The molecule has 0 unspecified atom stereocenters. The normalized spacial score (nSPS) is 17.2. The highest BCUT2D eigenvalue weighted by Gasteiger charge is 2.27. The van der Waals surface area contributed by atoms with Gasteiger partial charge in [-0.3, -0.25) is 4.79 Å². The van der Waals surface area contributed by atoms with E-state index in [1.807, 2.05) is 49.3 Å². The lowest BCUT2D eigenvalue weighted by molar-refractivity contribution is 0.0574. The van der Waals surface area contributed by atoms with Gasteiger partial charge in [0.15, 0.2) is 0 Å². The van der Waals surface area contributed by atoms with Crippen molar-refractivity contribution in [3.8, 4) is 11.1 Å². The van der Waals surface area contributed by atoms with Crippen LogP contribution in [0.5, 0.6) is 0 Å². The first-order chi connectivity index (χ1) is 12.6. The lowest BCUT2D eigenvalue weighted by Crippen LogP contribution is -2.44. The molecule has 1 fully saturated rings. The van der Waals surface area contributed by atoms with Gasteiger partial charge in [0, 0.05) is 44.5 Å². The summed E-state index contributed by atoms with van der Waals surface area (Å²) in [6, 6.07) is 16.4. The monoisotopic (exact) mass is 352 g/mol. The highest BCUT2D eigenvalue weighted by Crippen LogP contribution is 2.27. The molecule has 0 radical (unpaired) electrons. The van der Waals surface area contributed by atoms with Crippen LogP contribution in [0.15, 0.2) is 48.5 Å². The molecular formula is C22H28N2O2. The van der Waals surface area contributed by atoms with Crippen molar-refractivity contribution in [1.29, 1.82) is 0 Å². The molecule has 2 aromatic carbocycles. The third kappa shape index (κ3) is 4.07. The van der Waals surface area contributed by atoms with Crippen LogP contribution in [0.25, 0.3) is 11.1 Å². The Kier molecular flexibility index (Phi) is 5.94. The smallest absolute Gasteiger partial charge is 0.254 e. The molecule has 0 aliphatic carbocycles. The summed E-state index contributed by atoms with van der Waals surface area (Å²) in [5.41, 5.74) is 4.02. The fourth-order valence-corrected chi connectivity index (χ4v) is 3.68. The van der Waals surface area contributed by atoms with E-state index >= 15 is 0 Å². The van der Waals surface area contributed by atoms with E-state index in [4.69, 9.17) is 0 Å². The molecule has 1 saturated heterocycles.